The van der Waals surface area contributed by atoms with Crippen LogP contribution in [0.2, 0.25) is 0 Å². The first-order valence-corrected chi connectivity index (χ1v) is 11.5. The number of imidazole rings is 1. The summed E-state index contributed by atoms with van der Waals surface area (Å²) in [6.45, 7) is 1.72. The molecule has 34 heavy (non-hydrogen) atoms. The summed E-state index contributed by atoms with van der Waals surface area (Å²) in [5.41, 5.74) is 0.454. The largest absolute Gasteiger partial charge is 0.481 e. The Balaban J connectivity index is 2.47. The SMILES string of the molecule is CCCCCCCCCC(=O)NCC(=O)N[C@@H](CC(=O)O)C(=O)N[C@@H](Cc1cnc[nH]1)C(=O)O. The van der Waals surface area contributed by atoms with Crippen LogP contribution in [0.4, 0.5) is 0 Å². The number of carbonyl (C=O) groups is 5. The van der Waals surface area contributed by atoms with E-state index in [1.165, 1.54) is 31.8 Å². The molecule has 0 saturated carbocycles. The lowest BCUT2D eigenvalue weighted by Crippen LogP contribution is -2.54. The molecule has 6 N–H and O–H groups in total. The van der Waals surface area contributed by atoms with E-state index in [-0.39, 0.29) is 18.7 Å². The fraction of sp³-hybridized carbons (Fsp3) is 0.636. The van der Waals surface area contributed by atoms with Gasteiger partial charge in [0.25, 0.3) is 0 Å². The lowest BCUT2D eigenvalue weighted by Gasteiger charge is -2.20. The Hall–Kier alpha value is -3.44. The molecule has 0 aliphatic heterocycles. The van der Waals surface area contributed by atoms with Gasteiger partial charge < -0.3 is 31.1 Å². The third-order valence-corrected chi connectivity index (χ3v) is 5.08. The molecule has 1 heterocycles. The van der Waals surface area contributed by atoms with Crippen LogP contribution in [0.25, 0.3) is 0 Å². The summed E-state index contributed by atoms with van der Waals surface area (Å²) in [6, 6.07) is -2.86. The van der Waals surface area contributed by atoms with E-state index in [1.54, 1.807) is 0 Å². The molecular formula is C22H35N5O7. The van der Waals surface area contributed by atoms with Crippen molar-refractivity contribution in [2.24, 2.45) is 0 Å². The molecular weight excluding hydrogens is 446 g/mol. The summed E-state index contributed by atoms with van der Waals surface area (Å²) in [6.07, 6.45) is 9.54. The molecule has 0 unspecified atom stereocenters. The number of H-pyrrole nitrogens is 1. The van der Waals surface area contributed by atoms with Crippen LogP contribution in [0.3, 0.4) is 0 Å². The van der Waals surface area contributed by atoms with Crippen LogP contribution in [-0.2, 0) is 30.4 Å². The zero-order valence-corrected chi connectivity index (χ0v) is 19.5. The summed E-state index contributed by atoms with van der Waals surface area (Å²) in [5, 5.41) is 25.3. The Morgan fingerprint density at radius 1 is 0.941 bits per heavy atom. The van der Waals surface area contributed by atoms with Gasteiger partial charge in [-0.2, -0.15) is 0 Å². The highest BCUT2D eigenvalue weighted by molar-refractivity contribution is 5.94. The Kier molecular flexibility index (Phi) is 13.6. The highest BCUT2D eigenvalue weighted by Crippen LogP contribution is 2.08. The van der Waals surface area contributed by atoms with E-state index < -0.39 is 48.8 Å². The van der Waals surface area contributed by atoms with Gasteiger partial charge in [-0.15, -0.1) is 0 Å². The molecule has 3 amide bonds. The number of amides is 3. The molecule has 0 radical (unpaired) electrons. The Bertz CT molecular complexity index is 798. The van der Waals surface area contributed by atoms with Gasteiger partial charge in [0.05, 0.1) is 19.3 Å². The number of hydrogen-bond acceptors (Lipinski definition) is 6. The van der Waals surface area contributed by atoms with Crippen molar-refractivity contribution in [1.82, 2.24) is 25.9 Å². The predicted octanol–water partition coefficient (Wildman–Crippen LogP) is 0.738. The number of carboxylic acids is 2. The molecule has 0 fully saturated rings. The van der Waals surface area contributed by atoms with Gasteiger partial charge in [-0.25, -0.2) is 9.78 Å². The number of aromatic nitrogens is 2. The molecule has 0 bridgehead atoms. The standard InChI is InChI=1S/C22H35N5O7/c1-2-3-4-5-6-7-8-9-18(28)24-13-19(29)26-16(11-20(30)31)21(32)27-17(22(33)34)10-15-12-23-14-25-15/h12,14,16-17H,2-11,13H2,1H3,(H,23,25)(H,24,28)(H,26,29)(H,27,32)(H,30,31)(H,33,34)/t16-,17-/m0/s1. The zero-order chi connectivity index (χ0) is 25.3. The third-order valence-electron chi connectivity index (χ3n) is 5.08. The molecule has 0 aliphatic rings. The highest BCUT2D eigenvalue weighted by atomic mass is 16.4. The molecule has 1 aromatic rings. The maximum Gasteiger partial charge on any atom is 0.326 e. The Labute approximate surface area is 198 Å². The van der Waals surface area contributed by atoms with E-state index in [4.69, 9.17) is 5.11 Å². The van der Waals surface area contributed by atoms with Crippen LogP contribution in [0.1, 0.15) is 70.4 Å². The van der Waals surface area contributed by atoms with Gasteiger partial charge in [0.1, 0.15) is 12.1 Å². The number of carboxylic acid groups (broad SMARTS) is 2. The minimum Gasteiger partial charge on any atom is -0.481 e. The lowest BCUT2D eigenvalue weighted by atomic mass is 10.1. The number of rotatable bonds is 18. The first-order chi connectivity index (χ1) is 16.2. The summed E-state index contributed by atoms with van der Waals surface area (Å²) in [7, 11) is 0. The average molecular weight is 482 g/mol. The first kappa shape index (κ1) is 28.6. The van der Waals surface area contributed by atoms with Gasteiger partial charge in [-0.1, -0.05) is 45.4 Å². The number of aliphatic carboxylic acids is 2. The third kappa shape index (κ3) is 12.6. The van der Waals surface area contributed by atoms with Crippen LogP contribution in [0.5, 0.6) is 0 Å². The maximum atomic E-state index is 12.5. The van der Waals surface area contributed by atoms with Crippen LogP contribution >= 0.6 is 0 Å². The smallest absolute Gasteiger partial charge is 0.326 e. The molecule has 12 nitrogen and oxygen atoms in total. The van der Waals surface area contributed by atoms with Crippen molar-refractivity contribution in [3.63, 3.8) is 0 Å². The van der Waals surface area contributed by atoms with E-state index >= 15 is 0 Å². The predicted molar refractivity (Wildman–Crippen MR) is 122 cm³/mol. The van der Waals surface area contributed by atoms with Crippen LogP contribution in [-0.4, -0.2) is 68.5 Å². The molecule has 1 aromatic heterocycles. The van der Waals surface area contributed by atoms with Gasteiger partial charge in [0.2, 0.25) is 17.7 Å². The topological polar surface area (TPSA) is 191 Å². The van der Waals surface area contributed by atoms with E-state index in [0.717, 1.165) is 19.3 Å². The second-order valence-corrected chi connectivity index (χ2v) is 8.05. The number of carbonyl (C=O) groups excluding carboxylic acids is 3. The van der Waals surface area contributed by atoms with Gasteiger partial charge >= 0.3 is 11.9 Å². The fourth-order valence-electron chi connectivity index (χ4n) is 3.23. The van der Waals surface area contributed by atoms with Crippen molar-refractivity contribution in [3.05, 3.63) is 18.2 Å². The minimum absolute atomic E-state index is 0.108. The quantitative estimate of drug-likeness (QED) is 0.165. The van der Waals surface area contributed by atoms with Gasteiger partial charge in [-0.3, -0.25) is 19.2 Å². The van der Waals surface area contributed by atoms with Crippen molar-refractivity contribution in [3.8, 4) is 0 Å². The van der Waals surface area contributed by atoms with Gasteiger partial charge in [-0.05, 0) is 6.42 Å². The first-order valence-electron chi connectivity index (χ1n) is 11.5. The fourth-order valence-corrected chi connectivity index (χ4v) is 3.23. The molecule has 1 rings (SSSR count). The van der Waals surface area contributed by atoms with Gasteiger partial charge in [0, 0.05) is 24.7 Å². The van der Waals surface area contributed by atoms with Crippen LogP contribution in [0, 0.1) is 0 Å². The molecule has 2 atom stereocenters. The van der Waals surface area contributed by atoms with Crippen molar-refractivity contribution in [2.75, 3.05) is 6.54 Å². The van der Waals surface area contributed by atoms with Crippen molar-refractivity contribution < 1.29 is 34.2 Å². The Morgan fingerprint density at radius 3 is 2.21 bits per heavy atom. The zero-order valence-electron chi connectivity index (χ0n) is 19.5. The number of unbranched alkanes of at least 4 members (excludes halogenated alkanes) is 6. The minimum atomic E-state index is -1.51. The molecule has 0 aliphatic carbocycles. The van der Waals surface area contributed by atoms with E-state index in [9.17, 15) is 29.1 Å². The highest BCUT2D eigenvalue weighted by Gasteiger charge is 2.28. The summed E-state index contributed by atoms with van der Waals surface area (Å²) >= 11 is 0. The average Bonchev–Trinajstić information content (AvgIpc) is 3.29. The normalized spacial score (nSPS) is 12.4. The molecule has 0 saturated heterocycles. The summed E-state index contributed by atoms with van der Waals surface area (Å²) in [5.74, 6) is -4.72. The second-order valence-electron chi connectivity index (χ2n) is 8.05. The van der Waals surface area contributed by atoms with Crippen molar-refractivity contribution in [2.45, 2.75) is 83.2 Å². The number of nitrogens with one attached hydrogen (secondary N) is 4. The molecule has 0 aromatic carbocycles. The van der Waals surface area contributed by atoms with Crippen LogP contribution in [0.15, 0.2) is 12.5 Å². The summed E-state index contributed by atoms with van der Waals surface area (Å²) in [4.78, 5) is 65.7. The number of hydrogen-bond donors (Lipinski definition) is 6. The van der Waals surface area contributed by atoms with Crippen molar-refractivity contribution in [1.29, 1.82) is 0 Å². The monoisotopic (exact) mass is 481 g/mol. The van der Waals surface area contributed by atoms with E-state index in [1.807, 2.05) is 0 Å². The summed E-state index contributed by atoms with van der Waals surface area (Å²) < 4.78 is 0. The maximum absolute atomic E-state index is 12.5. The lowest BCUT2D eigenvalue weighted by molar-refractivity contribution is -0.143. The van der Waals surface area contributed by atoms with E-state index in [2.05, 4.69) is 32.8 Å². The Morgan fingerprint density at radius 2 is 1.62 bits per heavy atom. The molecule has 0 spiro atoms. The van der Waals surface area contributed by atoms with Crippen molar-refractivity contribution >= 4 is 29.7 Å². The van der Waals surface area contributed by atoms with Crippen LogP contribution < -0.4 is 16.0 Å². The number of aromatic amines is 1. The molecule has 12 heteroatoms. The second kappa shape index (κ2) is 16.2. The van der Waals surface area contributed by atoms with E-state index in [0.29, 0.717) is 12.1 Å². The number of nitrogens with zero attached hydrogens (tertiary/aromatic N) is 1. The van der Waals surface area contributed by atoms with Gasteiger partial charge in [0.15, 0.2) is 0 Å². The molecule has 190 valence electrons.